The highest BCUT2D eigenvalue weighted by atomic mass is 35.5. The largest absolute Gasteiger partial charge is 0.337 e. The normalized spacial score (nSPS) is 15.7. The van der Waals surface area contributed by atoms with E-state index in [1.807, 2.05) is 16.3 Å². The first kappa shape index (κ1) is 17.9. The number of benzene rings is 1. The van der Waals surface area contributed by atoms with Gasteiger partial charge in [-0.1, -0.05) is 17.7 Å². The summed E-state index contributed by atoms with van der Waals surface area (Å²) in [5.41, 5.74) is 0.994. The Balaban J connectivity index is 1.76. The fourth-order valence-electron chi connectivity index (χ4n) is 2.78. The number of hydrogen-bond acceptors (Lipinski definition) is 4. The minimum absolute atomic E-state index is 0.0291. The molecule has 0 unspecified atom stereocenters. The van der Waals surface area contributed by atoms with Gasteiger partial charge < -0.3 is 15.1 Å². The number of nitrogens with one attached hydrogen (secondary N) is 1. The van der Waals surface area contributed by atoms with Crippen LogP contribution in [0.25, 0.3) is 0 Å². The molecule has 0 bridgehead atoms. The molecule has 2 heterocycles. The van der Waals surface area contributed by atoms with Crippen molar-refractivity contribution >= 4 is 40.4 Å². The van der Waals surface area contributed by atoms with Gasteiger partial charge in [0, 0.05) is 25.2 Å². The minimum Gasteiger partial charge on any atom is -0.337 e. The van der Waals surface area contributed by atoms with E-state index in [1.165, 1.54) is 11.3 Å². The second-order valence-corrected chi connectivity index (χ2v) is 7.43. The van der Waals surface area contributed by atoms with E-state index in [0.29, 0.717) is 27.7 Å². The van der Waals surface area contributed by atoms with E-state index in [2.05, 4.69) is 17.3 Å². The van der Waals surface area contributed by atoms with Gasteiger partial charge >= 0.3 is 0 Å². The lowest BCUT2D eigenvalue weighted by Gasteiger charge is -2.21. The summed E-state index contributed by atoms with van der Waals surface area (Å²) >= 11 is 7.55. The molecule has 0 radical (unpaired) electrons. The number of carbonyl (C=O) groups excluding carboxylic acids is 2. The Morgan fingerprint density at radius 1 is 1.16 bits per heavy atom. The maximum Gasteiger partial charge on any atom is 0.265 e. The smallest absolute Gasteiger partial charge is 0.265 e. The van der Waals surface area contributed by atoms with E-state index < -0.39 is 0 Å². The number of likely N-dealkylation sites (N-methyl/N-ethyl adjacent to an activating group) is 1. The summed E-state index contributed by atoms with van der Waals surface area (Å²) in [6.07, 6.45) is 0.956. The van der Waals surface area contributed by atoms with Crippen molar-refractivity contribution in [3.63, 3.8) is 0 Å². The van der Waals surface area contributed by atoms with Crippen molar-refractivity contribution in [2.45, 2.75) is 6.42 Å². The van der Waals surface area contributed by atoms with Gasteiger partial charge in [-0.05, 0) is 49.7 Å². The van der Waals surface area contributed by atoms with E-state index >= 15 is 0 Å². The van der Waals surface area contributed by atoms with Gasteiger partial charge in [0.15, 0.2) is 0 Å². The predicted molar refractivity (Wildman–Crippen MR) is 102 cm³/mol. The first-order valence-corrected chi connectivity index (χ1v) is 9.42. The van der Waals surface area contributed by atoms with Crippen molar-refractivity contribution in [2.24, 2.45) is 0 Å². The van der Waals surface area contributed by atoms with Gasteiger partial charge in [0.05, 0.1) is 15.6 Å². The second kappa shape index (κ2) is 7.99. The van der Waals surface area contributed by atoms with E-state index in [0.717, 1.165) is 26.1 Å². The van der Waals surface area contributed by atoms with Crippen LogP contribution in [-0.4, -0.2) is 54.8 Å². The molecule has 1 aliphatic heterocycles. The average Bonchev–Trinajstić information content (AvgIpc) is 3.05. The van der Waals surface area contributed by atoms with Crippen molar-refractivity contribution in [3.8, 4) is 0 Å². The zero-order chi connectivity index (χ0) is 17.8. The van der Waals surface area contributed by atoms with Gasteiger partial charge in [-0.2, -0.15) is 0 Å². The molecule has 1 N–H and O–H groups in total. The minimum atomic E-state index is -0.224. The summed E-state index contributed by atoms with van der Waals surface area (Å²) in [6, 6.07) is 8.59. The molecular weight excluding hydrogens is 358 g/mol. The first-order chi connectivity index (χ1) is 12.0. The van der Waals surface area contributed by atoms with Crippen LogP contribution in [0.15, 0.2) is 35.7 Å². The molecule has 25 heavy (non-hydrogen) atoms. The molecule has 2 amide bonds. The van der Waals surface area contributed by atoms with Gasteiger partial charge in [0.25, 0.3) is 11.8 Å². The van der Waals surface area contributed by atoms with Gasteiger partial charge in [-0.25, -0.2) is 0 Å². The predicted octanol–water partition coefficient (Wildman–Crippen LogP) is 3.43. The molecule has 0 spiro atoms. The number of halogens is 1. The van der Waals surface area contributed by atoms with E-state index in [-0.39, 0.29) is 11.8 Å². The van der Waals surface area contributed by atoms with Gasteiger partial charge in [0.1, 0.15) is 0 Å². The summed E-state index contributed by atoms with van der Waals surface area (Å²) in [4.78, 5) is 29.7. The molecule has 5 nitrogen and oxygen atoms in total. The highest BCUT2D eigenvalue weighted by Crippen LogP contribution is 2.25. The fraction of sp³-hybridized carbons (Fsp3) is 0.333. The van der Waals surface area contributed by atoms with Gasteiger partial charge in [-0.3, -0.25) is 9.59 Å². The highest BCUT2D eigenvalue weighted by Gasteiger charge is 2.20. The van der Waals surface area contributed by atoms with E-state index in [9.17, 15) is 9.59 Å². The fourth-order valence-corrected chi connectivity index (χ4v) is 3.56. The third kappa shape index (κ3) is 4.39. The van der Waals surface area contributed by atoms with Crippen LogP contribution in [0.1, 0.15) is 26.5 Å². The topological polar surface area (TPSA) is 52.6 Å². The van der Waals surface area contributed by atoms with Gasteiger partial charge in [0.2, 0.25) is 0 Å². The number of anilines is 1. The zero-order valence-corrected chi connectivity index (χ0v) is 15.6. The molecule has 0 atom stereocenters. The molecule has 3 rings (SSSR count). The SMILES string of the molecule is CN1CCCN(C(=O)c2ccc(Cl)c(NC(=O)c3cccs3)c2)CC1. The molecular formula is C18H20ClN3O2S. The third-order valence-corrected chi connectivity index (χ3v) is 5.41. The Kier molecular flexibility index (Phi) is 5.73. The summed E-state index contributed by atoms with van der Waals surface area (Å²) < 4.78 is 0. The number of thiophene rings is 1. The number of hydrogen-bond donors (Lipinski definition) is 1. The molecule has 0 aliphatic carbocycles. The molecule has 1 fully saturated rings. The first-order valence-electron chi connectivity index (χ1n) is 8.17. The average molecular weight is 378 g/mol. The molecule has 132 valence electrons. The number of rotatable bonds is 3. The van der Waals surface area contributed by atoms with Crippen molar-refractivity contribution in [1.29, 1.82) is 0 Å². The van der Waals surface area contributed by atoms with Crippen LogP contribution in [0.4, 0.5) is 5.69 Å². The van der Waals surface area contributed by atoms with E-state index in [4.69, 9.17) is 11.6 Å². The zero-order valence-electron chi connectivity index (χ0n) is 14.0. The van der Waals surface area contributed by atoms with Crippen molar-refractivity contribution in [3.05, 3.63) is 51.2 Å². The Labute approximate surface area is 156 Å². The summed E-state index contributed by atoms with van der Waals surface area (Å²) in [5, 5.41) is 5.04. The highest BCUT2D eigenvalue weighted by molar-refractivity contribution is 7.12. The summed E-state index contributed by atoms with van der Waals surface area (Å²) in [7, 11) is 2.06. The standard InChI is InChI=1S/C18H20ClN3O2S/c1-21-7-3-8-22(10-9-21)18(24)13-5-6-14(19)15(12-13)20-17(23)16-4-2-11-25-16/h2,4-6,11-12H,3,7-10H2,1H3,(H,20,23). The van der Waals surface area contributed by atoms with Crippen LogP contribution >= 0.6 is 22.9 Å². The number of carbonyl (C=O) groups is 2. The monoisotopic (exact) mass is 377 g/mol. The lowest BCUT2D eigenvalue weighted by atomic mass is 10.1. The molecule has 1 aromatic carbocycles. The molecule has 7 heteroatoms. The maximum absolute atomic E-state index is 12.8. The van der Waals surface area contributed by atoms with Crippen molar-refractivity contribution < 1.29 is 9.59 Å². The maximum atomic E-state index is 12.8. The van der Waals surface area contributed by atoms with Crippen LogP contribution in [0.3, 0.4) is 0 Å². The van der Waals surface area contributed by atoms with Crippen molar-refractivity contribution in [2.75, 3.05) is 38.5 Å². The summed E-state index contributed by atoms with van der Waals surface area (Å²) in [5.74, 6) is -0.253. The van der Waals surface area contributed by atoms with Gasteiger partial charge in [-0.15, -0.1) is 11.3 Å². The molecule has 1 aromatic heterocycles. The molecule has 1 saturated heterocycles. The van der Waals surface area contributed by atoms with Crippen LogP contribution < -0.4 is 5.32 Å². The number of amides is 2. The van der Waals surface area contributed by atoms with Crippen LogP contribution in [-0.2, 0) is 0 Å². The lowest BCUT2D eigenvalue weighted by Crippen LogP contribution is -2.34. The lowest BCUT2D eigenvalue weighted by molar-refractivity contribution is 0.0762. The van der Waals surface area contributed by atoms with Crippen LogP contribution in [0, 0.1) is 0 Å². The Morgan fingerprint density at radius 3 is 2.76 bits per heavy atom. The molecule has 0 saturated carbocycles. The molecule has 2 aromatic rings. The number of nitrogens with zero attached hydrogens (tertiary/aromatic N) is 2. The molecule has 1 aliphatic rings. The Hall–Kier alpha value is -1.89. The summed E-state index contributed by atoms with van der Waals surface area (Å²) in [6.45, 7) is 3.30. The third-order valence-electron chi connectivity index (χ3n) is 4.21. The van der Waals surface area contributed by atoms with Crippen molar-refractivity contribution in [1.82, 2.24) is 9.80 Å². The van der Waals surface area contributed by atoms with Crippen LogP contribution in [0.2, 0.25) is 5.02 Å². The Bertz CT molecular complexity index is 764. The second-order valence-electron chi connectivity index (χ2n) is 6.08. The van der Waals surface area contributed by atoms with E-state index in [1.54, 1.807) is 24.3 Å². The van der Waals surface area contributed by atoms with Crippen LogP contribution in [0.5, 0.6) is 0 Å². The Morgan fingerprint density at radius 2 is 2.00 bits per heavy atom. The quantitative estimate of drug-likeness (QED) is 0.891.